The van der Waals surface area contributed by atoms with Gasteiger partial charge in [0.25, 0.3) is 0 Å². The Morgan fingerprint density at radius 3 is 1.49 bits per heavy atom. The van der Waals surface area contributed by atoms with Gasteiger partial charge in [-0.25, -0.2) is 0 Å². The monoisotopic (exact) mass is 559 g/mol. The maximum atomic E-state index is 4.58. The Morgan fingerprint density at radius 2 is 1.11 bits per heavy atom. The van der Waals surface area contributed by atoms with Crippen molar-refractivity contribution in [3.05, 3.63) is 88.7 Å². The fourth-order valence-electron chi connectivity index (χ4n) is 4.37. The van der Waals surface area contributed by atoms with Gasteiger partial charge in [-0.15, -0.1) is 0 Å². The summed E-state index contributed by atoms with van der Waals surface area (Å²) in [5, 5.41) is 7.51. The van der Waals surface area contributed by atoms with Gasteiger partial charge >= 0.3 is 16.8 Å². The summed E-state index contributed by atoms with van der Waals surface area (Å²) in [5.41, 5.74) is 8.76. The second-order valence-electron chi connectivity index (χ2n) is 9.14. The molecule has 193 valence electrons. The van der Waals surface area contributed by atoms with Crippen molar-refractivity contribution < 1.29 is 41.6 Å². The Labute approximate surface area is 234 Å². The second-order valence-corrected chi connectivity index (χ2v) is 9.14. The van der Waals surface area contributed by atoms with Gasteiger partial charge < -0.3 is 35.4 Å². The van der Waals surface area contributed by atoms with Crippen molar-refractivity contribution in [2.24, 2.45) is 0 Å². The predicted octanol–water partition coefficient (Wildman–Crippen LogP) is 0.124. The molecule has 0 bridgehead atoms. The van der Waals surface area contributed by atoms with Crippen LogP contribution in [0.2, 0.25) is 0 Å². The first-order valence-electron chi connectivity index (χ1n) is 11.6. The van der Waals surface area contributed by atoms with Crippen LogP contribution < -0.4 is 35.4 Å². The molecular weight excluding hydrogens is 522 g/mol. The fraction of sp³-hybridized carbons (Fsp3) is 0.393. The van der Waals surface area contributed by atoms with Gasteiger partial charge in [0.1, 0.15) is 0 Å². The van der Waals surface area contributed by atoms with E-state index in [0.717, 1.165) is 25.3 Å². The van der Waals surface area contributed by atoms with Crippen molar-refractivity contribution in [3.63, 3.8) is 0 Å². The first-order chi connectivity index (χ1) is 15.3. The van der Waals surface area contributed by atoms with Crippen molar-refractivity contribution in [1.29, 1.82) is 0 Å². The average molecular weight is 560 g/mol. The van der Waals surface area contributed by atoms with Crippen molar-refractivity contribution >= 4 is 11.4 Å². The second kappa shape index (κ2) is 16.1. The standard InChI is InChI=1S/C28H38N4.2ClH.Co/c1-20-11-9-12-21(2)27(20)30-24(5)17-32(19-26-15-7-8-16-29-26)18-25(6)31-28-22(3)13-10-14-23(28)4;;;/h7-16,24-25,30-31H,17-19H2,1-6H3;2*1H;/q;;;+2/p-2. The maximum Gasteiger partial charge on any atom is 2.00 e. The molecule has 0 amide bonds. The molecule has 2 aromatic carbocycles. The zero-order valence-electron chi connectivity index (χ0n) is 21.5. The van der Waals surface area contributed by atoms with Gasteiger partial charge in [0.2, 0.25) is 0 Å². The number of nitrogens with one attached hydrogen (secondary N) is 2. The first kappa shape index (κ1) is 33.2. The maximum absolute atomic E-state index is 4.58. The number of aryl methyl sites for hydroxylation is 4. The summed E-state index contributed by atoms with van der Waals surface area (Å²) in [5.74, 6) is 0. The van der Waals surface area contributed by atoms with Crippen LogP contribution in [0, 0.1) is 27.7 Å². The van der Waals surface area contributed by atoms with Crippen LogP contribution in [0.1, 0.15) is 41.8 Å². The Morgan fingerprint density at radius 1 is 0.686 bits per heavy atom. The van der Waals surface area contributed by atoms with Crippen LogP contribution in [0.15, 0.2) is 60.8 Å². The van der Waals surface area contributed by atoms with Crippen LogP contribution >= 0.6 is 0 Å². The third-order valence-corrected chi connectivity index (χ3v) is 5.92. The van der Waals surface area contributed by atoms with Crippen LogP contribution in [0.5, 0.6) is 0 Å². The van der Waals surface area contributed by atoms with E-state index in [1.54, 1.807) is 0 Å². The normalized spacial score (nSPS) is 12.0. The summed E-state index contributed by atoms with van der Waals surface area (Å²) < 4.78 is 0. The first-order valence-corrected chi connectivity index (χ1v) is 11.6. The van der Waals surface area contributed by atoms with E-state index in [1.165, 1.54) is 33.6 Å². The summed E-state index contributed by atoms with van der Waals surface area (Å²) in [6.07, 6.45) is 1.88. The van der Waals surface area contributed by atoms with Crippen LogP contribution in [0.25, 0.3) is 0 Å². The molecule has 3 aromatic rings. The number of pyridine rings is 1. The smallest absolute Gasteiger partial charge is 1.00 e. The summed E-state index contributed by atoms with van der Waals surface area (Å²) in [7, 11) is 0. The molecule has 0 fully saturated rings. The number of para-hydroxylation sites is 2. The molecule has 7 heteroatoms. The molecule has 1 aromatic heterocycles. The van der Waals surface area contributed by atoms with Gasteiger partial charge in [-0.1, -0.05) is 42.5 Å². The fourth-order valence-corrected chi connectivity index (χ4v) is 4.37. The van der Waals surface area contributed by atoms with Gasteiger partial charge in [0.05, 0.1) is 5.69 Å². The minimum atomic E-state index is 0. The number of hydrogen-bond acceptors (Lipinski definition) is 4. The van der Waals surface area contributed by atoms with E-state index in [-0.39, 0.29) is 41.6 Å². The minimum Gasteiger partial charge on any atom is -1.00 e. The van der Waals surface area contributed by atoms with Gasteiger partial charge in [-0.2, -0.15) is 0 Å². The molecule has 0 aliphatic heterocycles. The molecule has 2 unspecified atom stereocenters. The van der Waals surface area contributed by atoms with Gasteiger partial charge in [0, 0.05) is 49.3 Å². The minimum absolute atomic E-state index is 0. The number of aromatic nitrogens is 1. The summed E-state index contributed by atoms with van der Waals surface area (Å²) >= 11 is 0. The number of hydrogen-bond donors (Lipinski definition) is 2. The SMILES string of the molecule is Cc1cccc(C)c1NC(C)CN(Cc1ccccn1)CC(C)Nc1c(C)cccc1C.[Cl-].[Cl-].[Co+2]. The Balaban J connectivity index is 0.00000385. The number of rotatable bonds is 10. The molecule has 0 saturated heterocycles. The van der Waals surface area contributed by atoms with E-state index in [4.69, 9.17) is 0 Å². The largest absolute Gasteiger partial charge is 2.00 e. The third-order valence-electron chi connectivity index (χ3n) is 5.92. The van der Waals surface area contributed by atoms with Crippen molar-refractivity contribution in [1.82, 2.24) is 9.88 Å². The summed E-state index contributed by atoms with van der Waals surface area (Å²) in [6, 6.07) is 19.7. The van der Waals surface area contributed by atoms with Crippen LogP contribution in [-0.2, 0) is 23.3 Å². The van der Waals surface area contributed by atoms with E-state index in [2.05, 4.69) is 111 Å². The topological polar surface area (TPSA) is 40.2 Å². The number of benzene rings is 2. The summed E-state index contributed by atoms with van der Waals surface area (Å²) in [4.78, 5) is 7.07. The number of anilines is 2. The molecule has 4 nitrogen and oxygen atoms in total. The molecule has 2 N–H and O–H groups in total. The molecule has 1 heterocycles. The molecular formula is C28H38Cl2CoN4. The van der Waals surface area contributed by atoms with Crippen molar-refractivity contribution in [2.45, 2.75) is 60.2 Å². The van der Waals surface area contributed by atoms with Crippen LogP contribution in [-0.4, -0.2) is 35.1 Å². The van der Waals surface area contributed by atoms with Crippen molar-refractivity contribution in [3.8, 4) is 0 Å². The molecule has 0 aliphatic rings. The zero-order valence-corrected chi connectivity index (χ0v) is 24.1. The van der Waals surface area contributed by atoms with E-state index in [0.29, 0.717) is 12.1 Å². The van der Waals surface area contributed by atoms with Gasteiger partial charge in [-0.05, 0) is 75.9 Å². The van der Waals surface area contributed by atoms with Crippen LogP contribution in [0.4, 0.5) is 11.4 Å². The van der Waals surface area contributed by atoms with Gasteiger partial charge in [0.15, 0.2) is 0 Å². The Kier molecular flexibility index (Phi) is 15.3. The number of nitrogens with zero attached hydrogens (tertiary/aromatic N) is 2. The molecule has 0 spiro atoms. The van der Waals surface area contributed by atoms with E-state index in [9.17, 15) is 0 Å². The average Bonchev–Trinajstić information content (AvgIpc) is 2.74. The molecule has 0 aliphatic carbocycles. The Bertz CT molecular complexity index is 915. The molecule has 0 saturated carbocycles. The van der Waals surface area contributed by atoms with Gasteiger partial charge in [-0.3, -0.25) is 9.88 Å². The van der Waals surface area contributed by atoms with Crippen LogP contribution in [0.3, 0.4) is 0 Å². The molecule has 1 radical (unpaired) electrons. The predicted molar refractivity (Wildman–Crippen MR) is 138 cm³/mol. The van der Waals surface area contributed by atoms with E-state index in [1.807, 2.05) is 12.3 Å². The zero-order chi connectivity index (χ0) is 23.1. The third kappa shape index (κ3) is 10.0. The number of halogens is 2. The van der Waals surface area contributed by atoms with Crippen molar-refractivity contribution in [2.75, 3.05) is 23.7 Å². The van der Waals surface area contributed by atoms with E-state index < -0.39 is 0 Å². The quantitative estimate of drug-likeness (QED) is 0.370. The molecule has 2 atom stereocenters. The van der Waals surface area contributed by atoms with E-state index >= 15 is 0 Å². The summed E-state index contributed by atoms with van der Waals surface area (Å²) in [6.45, 7) is 15.9. The molecule has 35 heavy (non-hydrogen) atoms. The molecule has 3 rings (SSSR count). The Hall–Kier alpha value is -1.76.